The van der Waals surface area contributed by atoms with Crippen molar-refractivity contribution in [3.05, 3.63) is 29.7 Å². The Balaban J connectivity index is 1.54. The Hall–Kier alpha value is -2.68. The van der Waals surface area contributed by atoms with Crippen LogP contribution in [-0.4, -0.2) is 107 Å². The zero-order chi connectivity index (χ0) is 20.7. The van der Waals surface area contributed by atoms with Gasteiger partial charge in [0.05, 0.1) is 5.56 Å². The third-order valence-corrected chi connectivity index (χ3v) is 6.06. The normalized spacial score (nSPS) is 22.1. The van der Waals surface area contributed by atoms with E-state index >= 15 is 0 Å². The van der Waals surface area contributed by atoms with Crippen molar-refractivity contribution in [3.63, 3.8) is 0 Å². The van der Waals surface area contributed by atoms with Crippen LogP contribution in [0.2, 0.25) is 0 Å². The van der Waals surface area contributed by atoms with E-state index in [4.69, 9.17) is 0 Å². The minimum atomic E-state index is 0.0154. The van der Waals surface area contributed by atoms with Crippen LogP contribution in [0.3, 0.4) is 0 Å². The van der Waals surface area contributed by atoms with E-state index in [-0.39, 0.29) is 17.9 Å². The Morgan fingerprint density at radius 1 is 1.00 bits per heavy atom. The lowest BCUT2D eigenvalue weighted by Crippen LogP contribution is -2.37. The Morgan fingerprint density at radius 2 is 1.76 bits per heavy atom. The first-order valence-electron chi connectivity index (χ1n) is 10.1. The molecule has 2 aliphatic rings. The van der Waals surface area contributed by atoms with E-state index in [0.29, 0.717) is 24.7 Å². The molecule has 0 bridgehead atoms. The smallest absolute Gasteiger partial charge is 0.319 e. The Morgan fingerprint density at radius 3 is 2.45 bits per heavy atom. The van der Waals surface area contributed by atoms with E-state index in [1.807, 2.05) is 32.5 Å². The quantitative estimate of drug-likeness (QED) is 0.769. The molecule has 9 heteroatoms. The van der Waals surface area contributed by atoms with Gasteiger partial charge in [-0.1, -0.05) is 0 Å². The second-order valence-corrected chi connectivity index (χ2v) is 8.47. The fourth-order valence-corrected chi connectivity index (χ4v) is 4.27. The number of urea groups is 1. The molecular weight excluding hydrogens is 370 g/mol. The lowest BCUT2D eigenvalue weighted by molar-refractivity contribution is 0.0782. The molecule has 2 unspecified atom stereocenters. The van der Waals surface area contributed by atoms with Crippen molar-refractivity contribution in [1.29, 1.82) is 0 Å². The van der Waals surface area contributed by atoms with Gasteiger partial charge >= 0.3 is 6.03 Å². The van der Waals surface area contributed by atoms with Crippen LogP contribution in [0, 0.1) is 0 Å². The van der Waals surface area contributed by atoms with Crippen LogP contribution in [0.15, 0.2) is 18.3 Å². The van der Waals surface area contributed by atoms with Crippen molar-refractivity contribution < 1.29 is 9.59 Å². The fraction of sp³-hybridized carbons (Fsp3) is 0.600. The standard InChI is InChI=1S/C20H29N7O2/c1-23(2)16-8-10-25(13-16)19(28)15-5-6-17-21-22-18(27(17)12-15)14-7-9-26(11-14)20(29)24(3)4/h5-6,12,14,16H,7-11,13H2,1-4H3. The highest BCUT2D eigenvalue weighted by Gasteiger charge is 2.32. The Kier molecular flexibility index (Phi) is 5.16. The summed E-state index contributed by atoms with van der Waals surface area (Å²) in [6, 6.07) is 4.10. The van der Waals surface area contributed by atoms with Gasteiger partial charge in [-0.25, -0.2) is 4.79 Å². The summed E-state index contributed by atoms with van der Waals surface area (Å²) in [5.41, 5.74) is 1.37. The highest BCUT2D eigenvalue weighted by Crippen LogP contribution is 2.27. The minimum absolute atomic E-state index is 0.0154. The van der Waals surface area contributed by atoms with E-state index in [1.54, 1.807) is 19.0 Å². The van der Waals surface area contributed by atoms with Crippen LogP contribution in [0.4, 0.5) is 4.79 Å². The SMILES string of the molecule is CN(C)C(=O)N1CCC(c2nnc3ccc(C(=O)N4CCC(N(C)C)C4)cn23)C1. The molecule has 0 aliphatic carbocycles. The number of nitrogens with zero attached hydrogens (tertiary/aromatic N) is 7. The van der Waals surface area contributed by atoms with Gasteiger partial charge in [0.2, 0.25) is 0 Å². The van der Waals surface area contributed by atoms with Gasteiger partial charge in [0, 0.05) is 58.4 Å². The zero-order valence-electron chi connectivity index (χ0n) is 17.6. The van der Waals surface area contributed by atoms with Gasteiger partial charge in [-0.05, 0) is 39.1 Å². The van der Waals surface area contributed by atoms with E-state index in [0.717, 1.165) is 37.4 Å². The topological polar surface area (TPSA) is 77.3 Å². The molecule has 156 valence electrons. The largest absolute Gasteiger partial charge is 0.337 e. The van der Waals surface area contributed by atoms with Gasteiger partial charge < -0.3 is 19.6 Å². The number of likely N-dealkylation sites (N-methyl/N-ethyl adjacent to an activating group) is 1. The first-order valence-corrected chi connectivity index (χ1v) is 10.1. The number of amides is 3. The van der Waals surface area contributed by atoms with Crippen molar-refractivity contribution in [2.75, 3.05) is 54.4 Å². The van der Waals surface area contributed by atoms with Crippen LogP contribution in [0.1, 0.15) is 34.9 Å². The van der Waals surface area contributed by atoms with Gasteiger partial charge in [0.15, 0.2) is 5.65 Å². The number of hydrogen-bond donors (Lipinski definition) is 0. The van der Waals surface area contributed by atoms with Crippen molar-refractivity contribution in [1.82, 2.24) is 34.2 Å². The van der Waals surface area contributed by atoms with Crippen LogP contribution in [0.5, 0.6) is 0 Å². The number of hydrogen-bond acceptors (Lipinski definition) is 5. The third-order valence-electron chi connectivity index (χ3n) is 6.06. The maximum absolute atomic E-state index is 13.0. The lowest BCUT2D eigenvalue weighted by atomic mass is 10.1. The molecule has 0 radical (unpaired) electrons. The van der Waals surface area contributed by atoms with Gasteiger partial charge in [-0.2, -0.15) is 0 Å². The lowest BCUT2D eigenvalue weighted by Gasteiger charge is -2.21. The highest BCUT2D eigenvalue weighted by molar-refractivity contribution is 5.94. The van der Waals surface area contributed by atoms with Crippen LogP contribution < -0.4 is 0 Å². The molecule has 9 nitrogen and oxygen atoms in total. The average Bonchev–Trinajstić information content (AvgIpc) is 3.44. The van der Waals surface area contributed by atoms with E-state index in [2.05, 4.69) is 29.2 Å². The summed E-state index contributed by atoms with van der Waals surface area (Å²) < 4.78 is 1.92. The second kappa shape index (κ2) is 7.62. The summed E-state index contributed by atoms with van der Waals surface area (Å²) in [6.45, 7) is 2.85. The molecule has 2 saturated heterocycles. The predicted octanol–water partition coefficient (Wildman–Crippen LogP) is 0.976. The molecule has 0 aromatic carbocycles. The summed E-state index contributed by atoms with van der Waals surface area (Å²) in [6.07, 6.45) is 3.69. The Labute approximate surface area is 170 Å². The highest BCUT2D eigenvalue weighted by atomic mass is 16.2. The van der Waals surface area contributed by atoms with E-state index in [1.165, 1.54) is 0 Å². The second-order valence-electron chi connectivity index (χ2n) is 8.47. The van der Waals surface area contributed by atoms with Gasteiger partial charge in [-0.15, -0.1) is 10.2 Å². The average molecular weight is 399 g/mol. The van der Waals surface area contributed by atoms with Gasteiger partial charge in [0.25, 0.3) is 5.91 Å². The summed E-state index contributed by atoms with van der Waals surface area (Å²) >= 11 is 0. The van der Waals surface area contributed by atoms with Gasteiger partial charge in [0.1, 0.15) is 5.82 Å². The molecule has 2 fully saturated rings. The molecule has 3 amide bonds. The number of aromatic nitrogens is 3. The molecule has 0 spiro atoms. The molecular formula is C20H29N7O2. The van der Waals surface area contributed by atoms with Crippen molar-refractivity contribution in [2.24, 2.45) is 0 Å². The summed E-state index contributed by atoms with van der Waals surface area (Å²) in [7, 11) is 7.64. The van der Waals surface area contributed by atoms with Crippen molar-refractivity contribution >= 4 is 17.6 Å². The van der Waals surface area contributed by atoms with Crippen LogP contribution >= 0.6 is 0 Å². The third kappa shape index (κ3) is 3.66. The molecule has 4 rings (SSSR count). The monoisotopic (exact) mass is 399 g/mol. The molecule has 2 aliphatic heterocycles. The molecule has 0 N–H and O–H groups in total. The zero-order valence-corrected chi connectivity index (χ0v) is 17.6. The maximum atomic E-state index is 13.0. The number of carbonyl (C=O) groups is 2. The summed E-state index contributed by atoms with van der Waals surface area (Å²) in [5, 5.41) is 8.65. The number of rotatable bonds is 3. The van der Waals surface area contributed by atoms with E-state index < -0.39 is 0 Å². The molecule has 0 saturated carbocycles. The maximum Gasteiger partial charge on any atom is 0.319 e. The fourth-order valence-electron chi connectivity index (χ4n) is 4.27. The first-order chi connectivity index (χ1) is 13.8. The number of fused-ring (bicyclic) bond motifs is 1. The summed E-state index contributed by atoms with van der Waals surface area (Å²) in [5.74, 6) is 0.979. The minimum Gasteiger partial charge on any atom is -0.337 e. The summed E-state index contributed by atoms with van der Waals surface area (Å²) in [4.78, 5) is 32.8. The molecule has 29 heavy (non-hydrogen) atoms. The van der Waals surface area contributed by atoms with Crippen molar-refractivity contribution in [3.8, 4) is 0 Å². The number of pyridine rings is 1. The molecule has 2 atom stereocenters. The van der Waals surface area contributed by atoms with Crippen molar-refractivity contribution in [2.45, 2.75) is 24.8 Å². The predicted molar refractivity (Wildman–Crippen MR) is 109 cm³/mol. The Bertz CT molecular complexity index is 923. The molecule has 2 aromatic rings. The van der Waals surface area contributed by atoms with E-state index in [9.17, 15) is 9.59 Å². The molecule has 2 aromatic heterocycles. The number of carbonyl (C=O) groups excluding carboxylic acids is 2. The van der Waals surface area contributed by atoms with Crippen LogP contribution in [0.25, 0.3) is 5.65 Å². The molecule has 4 heterocycles. The van der Waals surface area contributed by atoms with Gasteiger partial charge in [-0.3, -0.25) is 9.20 Å². The first kappa shape index (κ1) is 19.6. The van der Waals surface area contributed by atoms with Crippen LogP contribution in [-0.2, 0) is 0 Å². The number of likely N-dealkylation sites (tertiary alicyclic amines) is 2.